The summed E-state index contributed by atoms with van der Waals surface area (Å²) in [7, 11) is 1.66. The molecule has 3 rings (SSSR count). The summed E-state index contributed by atoms with van der Waals surface area (Å²) in [6.07, 6.45) is 0.104. The molecule has 1 aliphatic heterocycles. The Morgan fingerprint density at radius 1 is 1.10 bits per heavy atom. The van der Waals surface area contributed by atoms with Gasteiger partial charge in [-0.2, -0.15) is 0 Å². The molecule has 1 N–H and O–H groups in total. The zero-order valence-corrected chi connectivity index (χ0v) is 17.4. The van der Waals surface area contributed by atoms with Gasteiger partial charge in [0.15, 0.2) is 0 Å². The summed E-state index contributed by atoms with van der Waals surface area (Å²) in [6, 6.07) is 15.3. The van der Waals surface area contributed by atoms with Crippen LogP contribution >= 0.6 is 0 Å². The lowest BCUT2D eigenvalue weighted by Crippen LogP contribution is -2.43. The lowest BCUT2D eigenvalue weighted by molar-refractivity contribution is 0.0162. The molecule has 0 aliphatic carbocycles. The third-order valence-electron chi connectivity index (χ3n) is 4.91. The Bertz CT molecular complexity index is 786. The van der Waals surface area contributed by atoms with Crippen LogP contribution < -0.4 is 14.8 Å². The van der Waals surface area contributed by atoms with Crippen LogP contribution in [0.2, 0.25) is 0 Å². The Morgan fingerprint density at radius 2 is 1.83 bits per heavy atom. The number of ether oxygens (including phenoxy) is 3. The molecule has 0 bridgehead atoms. The number of hydrogen-bond donors (Lipinski definition) is 1. The summed E-state index contributed by atoms with van der Waals surface area (Å²) in [4.78, 5) is 15.0. The third kappa shape index (κ3) is 5.95. The molecule has 1 amide bonds. The molecule has 0 unspecified atom stereocenters. The zero-order valence-electron chi connectivity index (χ0n) is 17.4. The summed E-state index contributed by atoms with van der Waals surface area (Å²) in [5.74, 6) is 1.48. The predicted molar refractivity (Wildman–Crippen MR) is 113 cm³/mol. The summed E-state index contributed by atoms with van der Waals surface area (Å²) in [6.45, 7) is 7.53. The second kappa shape index (κ2) is 10.3. The van der Waals surface area contributed by atoms with Crippen molar-refractivity contribution in [1.29, 1.82) is 0 Å². The number of hydrogen-bond acceptors (Lipinski definition) is 5. The molecule has 156 valence electrons. The maximum atomic E-state index is 12.7. The Kier molecular flexibility index (Phi) is 7.49. The number of nitrogens with zero attached hydrogens (tertiary/aromatic N) is 1. The van der Waals surface area contributed by atoms with Gasteiger partial charge in [-0.05, 0) is 55.8 Å². The molecule has 1 heterocycles. The van der Waals surface area contributed by atoms with Crippen LogP contribution in [0.5, 0.6) is 11.5 Å². The van der Waals surface area contributed by atoms with E-state index in [1.807, 2.05) is 44.2 Å². The molecule has 6 heteroatoms. The summed E-state index contributed by atoms with van der Waals surface area (Å²) in [5, 5.41) is 3.09. The number of carbonyl (C=O) groups excluding carboxylic acids is 1. The van der Waals surface area contributed by atoms with E-state index >= 15 is 0 Å². The Labute approximate surface area is 172 Å². The molecule has 1 saturated heterocycles. The smallest absolute Gasteiger partial charge is 0.251 e. The van der Waals surface area contributed by atoms with Gasteiger partial charge < -0.3 is 19.5 Å². The highest BCUT2D eigenvalue weighted by Gasteiger charge is 2.23. The summed E-state index contributed by atoms with van der Waals surface area (Å²) >= 11 is 0. The first-order valence-corrected chi connectivity index (χ1v) is 10.1. The molecule has 0 spiro atoms. The number of morpholine rings is 1. The minimum absolute atomic E-state index is 0.0569. The Balaban J connectivity index is 1.69. The van der Waals surface area contributed by atoms with Crippen molar-refractivity contribution in [2.45, 2.75) is 26.0 Å². The molecular formula is C23H30N2O4. The number of rotatable bonds is 8. The number of methoxy groups -OCH3 is 1. The van der Waals surface area contributed by atoms with Gasteiger partial charge in [0.05, 0.1) is 32.5 Å². The molecule has 0 saturated carbocycles. The van der Waals surface area contributed by atoms with E-state index in [1.54, 1.807) is 19.2 Å². The van der Waals surface area contributed by atoms with Crippen molar-refractivity contribution in [3.63, 3.8) is 0 Å². The predicted octanol–water partition coefficient (Wildman–Crippen LogP) is 3.29. The standard InChI is InChI=1S/C23H30N2O4/c1-17(2)29-20-9-7-18(8-10-20)23(26)24-16-22(25-11-13-28-14-12-25)19-5-4-6-21(15-19)27-3/h4-10,15,17,22H,11-14,16H2,1-3H3,(H,24,26)/t22-/m0/s1. The SMILES string of the molecule is COc1cccc([C@H](CNC(=O)c2ccc(OC(C)C)cc2)N2CCOCC2)c1. The van der Waals surface area contributed by atoms with E-state index in [9.17, 15) is 4.79 Å². The summed E-state index contributed by atoms with van der Waals surface area (Å²) in [5.41, 5.74) is 1.74. The average molecular weight is 399 g/mol. The highest BCUT2D eigenvalue weighted by atomic mass is 16.5. The molecule has 1 fully saturated rings. The van der Waals surface area contributed by atoms with Gasteiger partial charge in [-0.3, -0.25) is 9.69 Å². The minimum atomic E-state index is -0.0951. The van der Waals surface area contributed by atoms with Crippen molar-refractivity contribution < 1.29 is 19.0 Å². The average Bonchev–Trinajstić information content (AvgIpc) is 2.75. The van der Waals surface area contributed by atoms with E-state index in [1.165, 1.54) is 0 Å². The minimum Gasteiger partial charge on any atom is -0.497 e. The first-order valence-electron chi connectivity index (χ1n) is 10.1. The lowest BCUT2D eigenvalue weighted by Gasteiger charge is -2.35. The Hall–Kier alpha value is -2.57. The molecular weight excluding hydrogens is 368 g/mol. The molecule has 29 heavy (non-hydrogen) atoms. The Morgan fingerprint density at radius 3 is 2.48 bits per heavy atom. The number of amides is 1. The largest absolute Gasteiger partial charge is 0.497 e. The van der Waals surface area contributed by atoms with Gasteiger partial charge in [0.25, 0.3) is 5.91 Å². The maximum absolute atomic E-state index is 12.7. The van der Waals surface area contributed by atoms with Crippen LogP contribution in [-0.4, -0.2) is 56.9 Å². The number of benzene rings is 2. The first-order chi connectivity index (χ1) is 14.1. The van der Waals surface area contributed by atoms with E-state index in [0.29, 0.717) is 25.3 Å². The van der Waals surface area contributed by atoms with Gasteiger partial charge in [-0.15, -0.1) is 0 Å². The van der Waals surface area contributed by atoms with Crippen molar-refractivity contribution in [1.82, 2.24) is 10.2 Å². The van der Waals surface area contributed by atoms with Crippen molar-refractivity contribution in [3.05, 3.63) is 59.7 Å². The zero-order chi connectivity index (χ0) is 20.6. The molecule has 1 aliphatic rings. The fourth-order valence-electron chi connectivity index (χ4n) is 3.44. The van der Waals surface area contributed by atoms with Crippen LogP contribution in [-0.2, 0) is 4.74 Å². The van der Waals surface area contributed by atoms with Crippen molar-refractivity contribution in [2.24, 2.45) is 0 Å². The van der Waals surface area contributed by atoms with Crippen LogP contribution in [0.1, 0.15) is 35.8 Å². The molecule has 0 radical (unpaired) electrons. The van der Waals surface area contributed by atoms with E-state index < -0.39 is 0 Å². The molecule has 2 aromatic rings. The topological polar surface area (TPSA) is 60.0 Å². The lowest BCUT2D eigenvalue weighted by atomic mass is 10.0. The van der Waals surface area contributed by atoms with E-state index in [-0.39, 0.29) is 18.1 Å². The number of carbonyl (C=O) groups is 1. The highest BCUT2D eigenvalue weighted by Crippen LogP contribution is 2.25. The van der Waals surface area contributed by atoms with Crippen molar-refractivity contribution in [3.8, 4) is 11.5 Å². The molecule has 0 aromatic heterocycles. The monoisotopic (exact) mass is 398 g/mol. The fourth-order valence-corrected chi connectivity index (χ4v) is 3.44. The normalized spacial score (nSPS) is 15.7. The first kappa shape index (κ1) is 21.1. The van der Waals surface area contributed by atoms with E-state index in [4.69, 9.17) is 14.2 Å². The maximum Gasteiger partial charge on any atom is 0.251 e. The van der Waals surface area contributed by atoms with Gasteiger partial charge in [0.2, 0.25) is 0 Å². The second-order valence-corrected chi connectivity index (χ2v) is 7.34. The van der Waals surface area contributed by atoms with Crippen molar-refractivity contribution >= 4 is 5.91 Å². The van der Waals surface area contributed by atoms with Gasteiger partial charge in [0.1, 0.15) is 11.5 Å². The van der Waals surface area contributed by atoms with Crippen LogP contribution in [0.3, 0.4) is 0 Å². The van der Waals surface area contributed by atoms with Crippen LogP contribution in [0.15, 0.2) is 48.5 Å². The van der Waals surface area contributed by atoms with Crippen LogP contribution in [0, 0.1) is 0 Å². The quantitative estimate of drug-likeness (QED) is 0.739. The van der Waals surface area contributed by atoms with Crippen LogP contribution in [0.25, 0.3) is 0 Å². The fraction of sp³-hybridized carbons (Fsp3) is 0.435. The highest BCUT2D eigenvalue weighted by molar-refractivity contribution is 5.94. The van der Waals surface area contributed by atoms with E-state index in [0.717, 1.165) is 30.2 Å². The van der Waals surface area contributed by atoms with Gasteiger partial charge in [-0.1, -0.05) is 12.1 Å². The van der Waals surface area contributed by atoms with Gasteiger partial charge >= 0.3 is 0 Å². The van der Waals surface area contributed by atoms with Gasteiger partial charge in [-0.25, -0.2) is 0 Å². The molecule has 2 aromatic carbocycles. The second-order valence-electron chi connectivity index (χ2n) is 7.34. The van der Waals surface area contributed by atoms with Gasteiger partial charge in [0, 0.05) is 25.2 Å². The summed E-state index contributed by atoms with van der Waals surface area (Å²) < 4.78 is 16.5. The van der Waals surface area contributed by atoms with Crippen molar-refractivity contribution in [2.75, 3.05) is 40.0 Å². The van der Waals surface area contributed by atoms with E-state index in [2.05, 4.69) is 16.3 Å². The number of nitrogens with one attached hydrogen (secondary N) is 1. The molecule has 6 nitrogen and oxygen atoms in total. The van der Waals surface area contributed by atoms with Crippen LogP contribution in [0.4, 0.5) is 0 Å². The third-order valence-corrected chi connectivity index (χ3v) is 4.91. The molecule has 1 atom stereocenters.